The first-order chi connectivity index (χ1) is 6.33. The summed E-state index contributed by atoms with van der Waals surface area (Å²) in [4.78, 5) is 11.3. The summed E-state index contributed by atoms with van der Waals surface area (Å²) in [7, 11) is -0.0694. The van der Waals surface area contributed by atoms with Crippen LogP contribution in [0.2, 0.25) is 0 Å². The van der Waals surface area contributed by atoms with Crippen LogP contribution >= 0.6 is 0 Å². The van der Waals surface area contributed by atoms with Crippen molar-refractivity contribution in [3.8, 4) is 0 Å². The summed E-state index contributed by atoms with van der Waals surface area (Å²) in [5, 5.41) is 11.3. The molecule has 0 radical (unpaired) electrons. The molecule has 0 saturated carbocycles. The minimum Gasteiger partial charge on any atom is -1.00 e. The Morgan fingerprint density at radius 3 is 2.73 bits per heavy atom. The van der Waals surface area contributed by atoms with Crippen LogP contribution in [0.4, 0.5) is 0 Å². The molecule has 0 aromatic heterocycles. The number of carbonyl (C=O) groups is 1. The fourth-order valence-electron chi connectivity index (χ4n) is 1.37. The molecule has 0 spiro atoms. The van der Waals surface area contributed by atoms with Crippen LogP contribution in [-0.4, -0.2) is 37.9 Å². The topological polar surface area (TPSA) is 46.5 Å². The van der Waals surface area contributed by atoms with E-state index in [2.05, 4.69) is 0 Å². The van der Waals surface area contributed by atoms with Gasteiger partial charge in [-0.25, -0.2) is 0 Å². The monoisotopic (exact) mass is 342 g/mol. The molecule has 2 rings (SSSR count). The number of aliphatic hydroxyl groups excluding tert-OH is 1. The van der Waals surface area contributed by atoms with Crippen molar-refractivity contribution in [3.05, 3.63) is 19.7 Å². The van der Waals surface area contributed by atoms with Gasteiger partial charge >= 0.3 is 90.5 Å². The van der Waals surface area contributed by atoms with Crippen molar-refractivity contribution in [2.24, 2.45) is 0 Å². The van der Waals surface area contributed by atoms with E-state index in [1.54, 1.807) is 0 Å². The fourth-order valence-corrected chi connectivity index (χ4v) is 6.89. The average Bonchev–Trinajstić information content (AvgIpc) is 2.78. The Morgan fingerprint density at radius 2 is 2.20 bits per heavy atom. The molecule has 1 fully saturated rings. The van der Waals surface area contributed by atoms with Gasteiger partial charge in [0, 0.05) is 0 Å². The molecule has 1 aliphatic heterocycles. The third-order valence-corrected chi connectivity index (χ3v) is 7.69. The molecular weight excluding hydrogens is 334 g/mol. The zero-order chi connectivity index (χ0) is 9.26. The summed E-state index contributed by atoms with van der Waals surface area (Å²) in [6, 6.07) is 0. The third-order valence-electron chi connectivity index (χ3n) is 2.07. The van der Waals surface area contributed by atoms with Gasteiger partial charge in [0.15, 0.2) is 0 Å². The minimum atomic E-state index is -0.782. The molecule has 0 amide bonds. The minimum absolute atomic E-state index is 0. The van der Waals surface area contributed by atoms with E-state index in [-0.39, 0.29) is 46.7 Å². The number of hydrogen-bond acceptors (Lipinski definition) is 3. The van der Waals surface area contributed by atoms with E-state index in [0.717, 1.165) is 7.60 Å². The summed E-state index contributed by atoms with van der Waals surface area (Å²) in [5.74, 6) is 0.267. The maximum absolute atomic E-state index is 11.3. The number of aliphatic hydroxyl groups is 1. The zero-order valence-corrected chi connectivity index (χ0v) is 13.3. The molecule has 0 aromatic carbocycles. The molecule has 1 aliphatic carbocycles. The largest absolute Gasteiger partial charge is 1.00 e. The van der Waals surface area contributed by atoms with Crippen LogP contribution in [0.15, 0.2) is 19.7 Å². The second kappa shape index (κ2) is 7.15. The van der Waals surface area contributed by atoms with E-state index in [9.17, 15) is 4.79 Å². The van der Waals surface area contributed by atoms with Gasteiger partial charge in [0.2, 0.25) is 0 Å². The number of halogens is 2. The van der Waals surface area contributed by atoms with Crippen molar-refractivity contribution >= 4 is 15.3 Å². The van der Waals surface area contributed by atoms with E-state index in [4.69, 9.17) is 9.84 Å². The molecular formula is C8H10Cl2O3SiZr. The van der Waals surface area contributed by atoms with Gasteiger partial charge in [0.1, 0.15) is 0 Å². The molecule has 0 bridgehead atoms. The second-order valence-corrected chi connectivity index (χ2v) is 7.65. The van der Waals surface area contributed by atoms with Crippen molar-refractivity contribution in [3.63, 3.8) is 0 Å². The Hall–Kier alpha value is 0.750. The predicted molar refractivity (Wildman–Crippen MR) is 46.6 cm³/mol. The smallest absolute Gasteiger partial charge is 1.00 e. The molecule has 1 saturated heterocycles. The van der Waals surface area contributed by atoms with Crippen molar-refractivity contribution in [2.75, 3.05) is 17.5 Å². The first-order valence-corrected chi connectivity index (χ1v) is 8.62. The van der Waals surface area contributed by atoms with Crippen molar-refractivity contribution < 1.29 is 62.7 Å². The maximum atomic E-state index is 11.3. The number of carbonyl (C=O) groups excluding carboxylic acids is 1. The number of rotatable bonds is 5. The van der Waals surface area contributed by atoms with Crippen molar-refractivity contribution in [1.29, 1.82) is 0 Å². The Bertz CT molecular complexity index is 317. The van der Waals surface area contributed by atoms with Gasteiger partial charge in [-0.15, -0.1) is 0 Å². The third kappa shape index (κ3) is 3.91. The average molecular weight is 344 g/mol. The van der Waals surface area contributed by atoms with Gasteiger partial charge < -0.3 is 24.8 Å². The number of fused-ring (bicyclic) bond motifs is 1. The number of allylic oxidation sites excluding steroid dienone is 4. The first kappa shape index (κ1) is 15.8. The molecule has 3 nitrogen and oxygen atoms in total. The van der Waals surface area contributed by atoms with Crippen LogP contribution in [0.1, 0.15) is 0 Å². The van der Waals surface area contributed by atoms with Crippen LogP contribution < -0.4 is 24.8 Å². The molecule has 7 heteroatoms. The standard InChI is InChI=1S/C5H3OSi.C3H7O2.2ClH.Zr/c6-3-1-4-5(2-3)7-4;1-5-3-2-4;;;/h1H,7H2;4H,1-3H2;2*1H;/q;;;;+2/p-2. The van der Waals surface area contributed by atoms with E-state index >= 15 is 0 Å². The summed E-state index contributed by atoms with van der Waals surface area (Å²) < 4.78 is 7.07. The van der Waals surface area contributed by atoms with E-state index in [1.807, 2.05) is 6.08 Å². The summed E-state index contributed by atoms with van der Waals surface area (Å²) in [6.07, 6.45) is 1.82. The normalized spacial score (nSPS) is 17.7. The molecule has 0 unspecified atom stereocenters. The molecule has 1 N–H and O–H groups in total. The SMILES string of the molecule is O=C1C=C2[SiH2]C2=[C]1[Zr+2][CH2]OCCO.[Cl-].[Cl-]. The fraction of sp³-hybridized carbons (Fsp3) is 0.375. The van der Waals surface area contributed by atoms with E-state index in [0.29, 0.717) is 6.61 Å². The molecule has 2 aliphatic rings. The van der Waals surface area contributed by atoms with Crippen LogP contribution in [-0.2, 0) is 32.8 Å². The Kier molecular flexibility index (Phi) is 7.51. The second-order valence-electron chi connectivity index (χ2n) is 3.02. The van der Waals surface area contributed by atoms with Crippen molar-refractivity contribution in [2.45, 2.75) is 0 Å². The van der Waals surface area contributed by atoms with Gasteiger partial charge in [0.25, 0.3) is 0 Å². The number of hydrogen-bond donors (Lipinski definition) is 1. The van der Waals surface area contributed by atoms with Crippen LogP contribution in [0.5, 0.6) is 0 Å². The predicted octanol–water partition coefficient (Wildman–Crippen LogP) is -7.10. The van der Waals surface area contributed by atoms with Crippen molar-refractivity contribution in [1.82, 2.24) is 0 Å². The van der Waals surface area contributed by atoms with Gasteiger partial charge in [0.05, 0.1) is 0 Å². The first-order valence-electron chi connectivity index (χ1n) is 4.24. The van der Waals surface area contributed by atoms with Crippen LogP contribution in [0.3, 0.4) is 0 Å². The summed E-state index contributed by atoms with van der Waals surface area (Å²) in [5.41, 5.74) is 0. The maximum Gasteiger partial charge on any atom is -1.00 e. The van der Waals surface area contributed by atoms with Gasteiger partial charge in [-0.05, 0) is 0 Å². The zero-order valence-electron chi connectivity index (χ0n) is 7.93. The quantitative estimate of drug-likeness (QED) is 0.398. The van der Waals surface area contributed by atoms with E-state index < -0.39 is 23.2 Å². The number of ether oxygens (including phenoxy) is 1. The Balaban J connectivity index is 0.000000980. The summed E-state index contributed by atoms with van der Waals surface area (Å²) in [6.45, 7) is 0.493. The van der Waals surface area contributed by atoms with Crippen LogP contribution in [0.25, 0.3) is 0 Å². The van der Waals surface area contributed by atoms with Gasteiger partial charge in [-0.1, -0.05) is 0 Å². The Morgan fingerprint density at radius 1 is 1.47 bits per heavy atom. The molecule has 1 heterocycles. The molecule has 0 aromatic rings. The summed E-state index contributed by atoms with van der Waals surface area (Å²) >= 11 is -0.782. The molecule has 82 valence electrons. The Labute approximate surface area is 115 Å². The van der Waals surface area contributed by atoms with E-state index in [1.165, 1.54) is 10.4 Å². The number of ketones is 1. The van der Waals surface area contributed by atoms with Crippen LogP contribution in [0, 0.1) is 0 Å². The molecule has 0 atom stereocenters. The van der Waals surface area contributed by atoms with Gasteiger partial charge in [-0.3, -0.25) is 0 Å². The van der Waals surface area contributed by atoms with Gasteiger partial charge in [-0.2, -0.15) is 0 Å². The molecule has 15 heavy (non-hydrogen) atoms.